The highest BCUT2D eigenvalue weighted by Crippen LogP contribution is 2.44. The molecular weight excluding hydrogens is 420 g/mol. The smallest absolute Gasteiger partial charge is 0.122 e. The highest BCUT2D eigenvalue weighted by atomic mass is 16.5. The van der Waals surface area contributed by atoms with Gasteiger partial charge in [-0.3, -0.25) is 4.90 Å². The number of aliphatic hydroxyl groups excluding tert-OH is 1. The van der Waals surface area contributed by atoms with Crippen LogP contribution in [0.4, 0.5) is 0 Å². The summed E-state index contributed by atoms with van der Waals surface area (Å²) >= 11 is 0. The van der Waals surface area contributed by atoms with Gasteiger partial charge >= 0.3 is 0 Å². The van der Waals surface area contributed by atoms with Gasteiger partial charge in [0.15, 0.2) is 0 Å². The van der Waals surface area contributed by atoms with Crippen molar-refractivity contribution in [3.05, 3.63) is 64.8 Å². The predicted octanol–water partition coefficient (Wildman–Crippen LogP) is 6.13. The summed E-state index contributed by atoms with van der Waals surface area (Å²) in [6.07, 6.45) is 10.0. The van der Waals surface area contributed by atoms with Crippen molar-refractivity contribution < 1.29 is 9.84 Å². The van der Waals surface area contributed by atoms with Crippen molar-refractivity contribution in [3.63, 3.8) is 0 Å². The lowest BCUT2D eigenvalue weighted by Gasteiger charge is -2.40. The first-order chi connectivity index (χ1) is 16.7. The van der Waals surface area contributed by atoms with E-state index in [0.29, 0.717) is 19.2 Å². The minimum Gasteiger partial charge on any atom is -0.491 e. The van der Waals surface area contributed by atoms with Crippen LogP contribution in [0, 0.1) is 6.92 Å². The number of hydrogen-bond donors (Lipinski definition) is 1. The molecule has 4 nitrogen and oxygen atoms in total. The largest absolute Gasteiger partial charge is 0.491 e. The van der Waals surface area contributed by atoms with Crippen LogP contribution in [0.1, 0.15) is 79.3 Å². The number of aliphatic hydroxyl groups is 1. The fourth-order valence-electron chi connectivity index (χ4n) is 6.83. The molecule has 6 rings (SSSR count). The zero-order valence-corrected chi connectivity index (χ0v) is 20.5. The Balaban J connectivity index is 1.22. The Morgan fingerprint density at radius 3 is 2.71 bits per heavy atom. The molecule has 0 saturated heterocycles. The fraction of sp³-hybridized carbons (Fsp3) is 0.533. The highest BCUT2D eigenvalue weighted by Gasteiger charge is 2.35. The standard InChI is InChI=1S/C30H38N2O2/c1-21-8-5-6-13-29(21)34-20-24(33)19-31-16-17-32-27-15-14-23(22-9-3-2-4-10-22)18-26(27)25-11-7-12-28(31)30(25)32/h5-6,8,13-15,18,22,24,28,33H,2-4,7,9-12,16-17,19-20H2,1H3. The van der Waals surface area contributed by atoms with Crippen LogP contribution < -0.4 is 4.74 Å². The minimum atomic E-state index is -0.487. The SMILES string of the molecule is Cc1ccccc1OCC(O)CN1CCn2c3c(c4cc(C5CCCCC5)ccc42)CCCC31. The second kappa shape index (κ2) is 9.39. The maximum absolute atomic E-state index is 10.8. The molecule has 0 amide bonds. The number of para-hydroxylation sites is 1. The maximum atomic E-state index is 10.8. The molecular formula is C30H38N2O2. The molecule has 34 heavy (non-hydrogen) atoms. The quantitative estimate of drug-likeness (QED) is 0.483. The predicted molar refractivity (Wildman–Crippen MR) is 138 cm³/mol. The van der Waals surface area contributed by atoms with Crippen molar-refractivity contribution >= 4 is 10.9 Å². The molecule has 4 heteroatoms. The normalized spacial score (nSPS) is 22.0. The Labute approximate surface area is 203 Å². The second-order valence-corrected chi connectivity index (χ2v) is 10.8. The summed E-state index contributed by atoms with van der Waals surface area (Å²) in [5.41, 5.74) is 7.22. The Kier molecular flexibility index (Phi) is 6.13. The third-order valence-electron chi connectivity index (χ3n) is 8.55. The summed E-state index contributed by atoms with van der Waals surface area (Å²) in [5, 5.41) is 12.4. The molecule has 2 heterocycles. The molecule has 1 saturated carbocycles. The van der Waals surface area contributed by atoms with Gasteiger partial charge in [0.1, 0.15) is 18.5 Å². The number of hydrogen-bond acceptors (Lipinski definition) is 3. The van der Waals surface area contributed by atoms with Gasteiger partial charge in [0.25, 0.3) is 0 Å². The van der Waals surface area contributed by atoms with Gasteiger partial charge in [0.05, 0.1) is 6.04 Å². The average Bonchev–Trinajstić information content (AvgIpc) is 3.20. The number of nitrogens with zero attached hydrogens (tertiary/aromatic N) is 2. The molecule has 3 aromatic rings. The average molecular weight is 459 g/mol. The Morgan fingerprint density at radius 2 is 1.85 bits per heavy atom. The van der Waals surface area contributed by atoms with Gasteiger partial charge in [0.2, 0.25) is 0 Å². The van der Waals surface area contributed by atoms with E-state index in [2.05, 4.69) is 40.7 Å². The van der Waals surface area contributed by atoms with E-state index < -0.39 is 6.10 Å². The molecule has 0 radical (unpaired) electrons. The van der Waals surface area contributed by atoms with Crippen molar-refractivity contribution in [2.24, 2.45) is 0 Å². The van der Waals surface area contributed by atoms with Crippen LogP contribution in [0.2, 0.25) is 0 Å². The van der Waals surface area contributed by atoms with Crippen molar-refractivity contribution in [2.75, 3.05) is 19.7 Å². The van der Waals surface area contributed by atoms with Gasteiger partial charge in [-0.25, -0.2) is 0 Å². The summed E-state index contributed by atoms with van der Waals surface area (Å²) in [6, 6.07) is 15.8. The lowest BCUT2D eigenvalue weighted by molar-refractivity contribution is 0.0373. The molecule has 2 aromatic carbocycles. The molecule has 2 atom stereocenters. The van der Waals surface area contributed by atoms with E-state index >= 15 is 0 Å². The third-order valence-corrected chi connectivity index (χ3v) is 8.55. The van der Waals surface area contributed by atoms with Crippen molar-refractivity contribution in [1.29, 1.82) is 0 Å². The molecule has 0 spiro atoms. The fourth-order valence-corrected chi connectivity index (χ4v) is 6.83. The topological polar surface area (TPSA) is 37.6 Å². The van der Waals surface area contributed by atoms with Gasteiger partial charge in [-0.05, 0) is 79.8 Å². The number of rotatable bonds is 6. The van der Waals surface area contributed by atoms with Gasteiger partial charge in [-0.2, -0.15) is 0 Å². The lowest BCUT2D eigenvalue weighted by atomic mass is 9.83. The first-order valence-corrected chi connectivity index (χ1v) is 13.4. The van der Waals surface area contributed by atoms with Crippen molar-refractivity contribution in [1.82, 2.24) is 9.47 Å². The Hall–Kier alpha value is -2.30. The van der Waals surface area contributed by atoms with Crippen LogP contribution in [0.5, 0.6) is 5.75 Å². The van der Waals surface area contributed by atoms with Crippen LogP contribution in [0.3, 0.4) is 0 Å². The molecule has 1 fully saturated rings. The Bertz CT molecular complexity index is 1160. The number of benzene rings is 2. The number of aryl methyl sites for hydroxylation is 2. The number of β-amino-alcohol motifs (C(OH)–C–C–N with tert-alkyl or cyclic N) is 1. The number of aromatic nitrogens is 1. The molecule has 3 aliphatic rings. The van der Waals surface area contributed by atoms with Gasteiger partial charge < -0.3 is 14.4 Å². The Morgan fingerprint density at radius 1 is 1.00 bits per heavy atom. The second-order valence-electron chi connectivity index (χ2n) is 10.8. The van der Waals surface area contributed by atoms with Crippen molar-refractivity contribution in [3.8, 4) is 5.75 Å². The number of ether oxygens (including phenoxy) is 1. The summed E-state index contributed by atoms with van der Waals surface area (Å²) in [4.78, 5) is 2.52. The van der Waals surface area contributed by atoms with Gasteiger partial charge in [-0.1, -0.05) is 43.5 Å². The molecule has 1 N–H and O–H groups in total. The van der Waals surface area contributed by atoms with E-state index in [1.54, 1.807) is 11.1 Å². The zero-order valence-electron chi connectivity index (χ0n) is 20.5. The molecule has 0 bridgehead atoms. The molecule has 180 valence electrons. The summed E-state index contributed by atoms with van der Waals surface area (Å²) in [5.74, 6) is 1.62. The number of fused-ring (bicyclic) bond motifs is 3. The first kappa shape index (κ1) is 22.2. The maximum Gasteiger partial charge on any atom is 0.122 e. The van der Waals surface area contributed by atoms with E-state index in [-0.39, 0.29) is 0 Å². The minimum absolute atomic E-state index is 0.342. The molecule has 1 aromatic heterocycles. The van der Waals surface area contributed by atoms with E-state index in [0.717, 1.165) is 30.3 Å². The molecule has 2 aliphatic carbocycles. The third kappa shape index (κ3) is 4.05. The van der Waals surface area contributed by atoms with E-state index in [1.165, 1.54) is 68.0 Å². The summed E-state index contributed by atoms with van der Waals surface area (Å²) in [7, 11) is 0. The first-order valence-electron chi connectivity index (χ1n) is 13.4. The monoisotopic (exact) mass is 458 g/mol. The van der Waals surface area contributed by atoms with Crippen LogP contribution >= 0.6 is 0 Å². The summed E-state index contributed by atoms with van der Waals surface area (Å²) < 4.78 is 8.56. The highest BCUT2D eigenvalue weighted by molar-refractivity contribution is 5.87. The van der Waals surface area contributed by atoms with E-state index in [4.69, 9.17) is 4.74 Å². The lowest BCUT2D eigenvalue weighted by Crippen LogP contribution is -2.44. The summed E-state index contributed by atoms with van der Waals surface area (Å²) in [6.45, 7) is 5.07. The van der Waals surface area contributed by atoms with Gasteiger partial charge in [0, 0.05) is 36.2 Å². The van der Waals surface area contributed by atoms with E-state index in [9.17, 15) is 5.11 Å². The van der Waals surface area contributed by atoms with Crippen LogP contribution in [-0.4, -0.2) is 40.4 Å². The van der Waals surface area contributed by atoms with E-state index in [1.807, 2.05) is 18.2 Å². The van der Waals surface area contributed by atoms with Crippen LogP contribution in [-0.2, 0) is 13.0 Å². The van der Waals surface area contributed by atoms with Crippen LogP contribution in [0.15, 0.2) is 42.5 Å². The zero-order chi connectivity index (χ0) is 23.1. The van der Waals surface area contributed by atoms with Gasteiger partial charge in [-0.15, -0.1) is 0 Å². The molecule has 2 unspecified atom stereocenters. The molecule has 1 aliphatic heterocycles. The van der Waals surface area contributed by atoms with Crippen molar-refractivity contribution in [2.45, 2.75) is 82.9 Å². The van der Waals surface area contributed by atoms with Crippen LogP contribution in [0.25, 0.3) is 10.9 Å².